The van der Waals surface area contributed by atoms with Crippen LogP contribution < -0.4 is 5.73 Å². The number of carbonyl (C=O) groups excluding carboxylic acids is 1. The van der Waals surface area contributed by atoms with Gasteiger partial charge in [-0.3, -0.25) is 9.69 Å². The smallest absolute Gasteiger partial charge is 0.261 e. The highest BCUT2D eigenvalue weighted by Crippen LogP contribution is 2.41. The number of aliphatic imine (C=N–C) groups is 1. The van der Waals surface area contributed by atoms with Crippen LogP contribution in [0.15, 0.2) is 47.5 Å². The zero-order valence-electron chi connectivity index (χ0n) is 14.8. The Kier molecular flexibility index (Phi) is 4.23. The second-order valence-electron chi connectivity index (χ2n) is 7.12. The summed E-state index contributed by atoms with van der Waals surface area (Å²) in [4.78, 5) is 19.4. The van der Waals surface area contributed by atoms with E-state index in [-0.39, 0.29) is 11.9 Å². The molecule has 0 radical (unpaired) electrons. The van der Waals surface area contributed by atoms with Gasteiger partial charge in [0, 0.05) is 12.1 Å². The molecule has 0 saturated heterocycles. The number of carbonyl (C=O) groups is 1. The molecule has 0 fully saturated rings. The minimum Gasteiger partial charge on any atom is -0.369 e. The largest absolute Gasteiger partial charge is 0.369 e. The number of nitrogens with two attached hydrogens (primary N) is 1. The molecule has 2 aromatic carbocycles. The summed E-state index contributed by atoms with van der Waals surface area (Å²) < 4.78 is 0. The number of hydrogen-bond donors (Lipinski definition) is 1. The summed E-state index contributed by atoms with van der Waals surface area (Å²) in [6.07, 6.45) is 4.30. The van der Waals surface area contributed by atoms with Crippen molar-refractivity contribution >= 4 is 23.5 Å². The molecular weight excluding hydrogens is 346 g/mol. The predicted octanol–water partition coefficient (Wildman–Crippen LogP) is 3.44. The van der Waals surface area contributed by atoms with Gasteiger partial charge < -0.3 is 5.73 Å². The molecule has 1 atom stereocenters. The Bertz CT molecular complexity index is 908. The van der Waals surface area contributed by atoms with Gasteiger partial charge in [0.15, 0.2) is 11.5 Å². The standard InChI is InChI=1S/C21H22ClN3O/c1-25-19(26)21(24-20(25)23)12-11-15-6-3-2-5-14(15)7-4-8-16-9-10-17(22)13-18(16)21/h2-3,5-6,9-10,13H,4,7-8,11-12H2,1H3,(H2,23,24). The fourth-order valence-corrected chi connectivity index (χ4v) is 4.33. The molecule has 1 unspecified atom stereocenters. The van der Waals surface area contributed by atoms with Gasteiger partial charge in [-0.1, -0.05) is 41.9 Å². The van der Waals surface area contributed by atoms with Gasteiger partial charge in [0.2, 0.25) is 0 Å². The predicted molar refractivity (Wildman–Crippen MR) is 104 cm³/mol. The summed E-state index contributed by atoms with van der Waals surface area (Å²) in [5, 5.41) is 0.622. The van der Waals surface area contributed by atoms with Crippen LogP contribution in [0, 0.1) is 0 Å². The Hall–Kier alpha value is -2.33. The number of likely N-dealkylation sites (N-methyl/N-ethyl adjacent to an activating group) is 1. The van der Waals surface area contributed by atoms with E-state index < -0.39 is 5.54 Å². The van der Waals surface area contributed by atoms with Crippen LogP contribution in [0.25, 0.3) is 0 Å². The minimum atomic E-state index is -0.983. The molecule has 0 saturated carbocycles. The zero-order chi connectivity index (χ0) is 18.3. The Balaban J connectivity index is 1.88. The van der Waals surface area contributed by atoms with Gasteiger partial charge in [-0.2, -0.15) is 0 Å². The third-order valence-corrected chi connectivity index (χ3v) is 5.83. The molecule has 1 aliphatic heterocycles. The number of halogens is 1. The van der Waals surface area contributed by atoms with Crippen molar-refractivity contribution in [1.82, 2.24) is 4.90 Å². The lowest BCUT2D eigenvalue weighted by molar-refractivity contribution is -0.130. The van der Waals surface area contributed by atoms with Crippen molar-refractivity contribution in [2.45, 2.75) is 37.6 Å². The maximum Gasteiger partial charge on any atom is 0.261 e. The second kappa shape index (κ2) is 6.44. The third-order valence-electron chi connectivity index (χ3n) is 5.59. The van der Waals surface area contributed by atoms with Crippen molar-refractivity contribution in [2.75, 3.05) is 7.05 Å². The third kappa shape index (κ3) is 2.69. The molecule has 1 heterocycles. The first-order valence-electron chi connectivity index (χ1n) is 9.00. The van der Waals surface area contributed by atoms with Crippen molar-refractivity contribution in [3.8, 4) is 0 Å². The highest BCUT2D eigenvalue weighted by Gasteiger charge is 2.48. The lowest BCUT2D eigenvalue weighted by Crippen LogP contribution is -2.41. The van der Waals surface area contributed by atoms with Crippen LogP contribution in [0.2, 0.25) is 5.02 Å². The second-order valence-corrected chi connectivity index (χ2v) is 7.55. The van der Waals surface area contributed by atoms with Crippen molar-refractivity contribution in [2.24, 2.45) is 10.7 Å². The Labute approximate surface area is 158 Å². The first kappa shape index (κ1) is 17.1. The number of hydrogen-bond acceptors (Lipinski definition) is 3. The molecule has 1 spiro atoms. The van der Waals surface area contributed by atoms with Crippen LogP contribution in [0.3, 0.4) is 0 Å². The van der Waals surface area contributed by atoms with Gasteiger partial charge in [0.25, 0.3) is 5.91 Å². The van der Waals surface area contributed by atoms with Crippen LogP contribution in [-0.4, -0.2) is 23.8 Å². The number of fused-ring (bicyclic) bond motifs is 3. The van der Waals surface area contributed by atoms with E-state index in [0.717, 1.165) is 36.8 Å². The van der Waals surface area contributed by atoms with E-state index in [1.807, 2.05) is 18.2 Å². The molecule has 0 aromatic heterocycles. The quantitative estimate of drug-likeness (QED) is 0.775. The molecule has 2 aliphatic rings. The van der Waals surface area contributed by atoms with Gasteiger partial charge in [0.05, 0.1) is 0 Å². The van der Waals surface area contributed by atoms with Crippen LogP contribution >= 0.6 is 11.6 Å². The molecule has 5 heteroatoms. The lowest BCUT2D eigenvalue weighted by atomic mass is 9.79. The van der Waals surface area contributed by atoms with E-state index >= 15 is 0 Å². The highest BCUT2D eigenvalue weighted by molar-refractivity contribution is 6.30. The van der Waals surface area contributed by atoms with Gasteiger partial charge in [-0.05, 0) is 66.5 Å². The fourth-order valence-electron chi connectivity index (χ4n) is 4.15. The molecule has 2 aromatic rings. The topological polar surface area (TPSA) is 58.7 Å². The first-order chi connectivity index (χ1) is 12.5. The number of amides is 1. The highest BCUT2D eigenvalue weighted by atomic mass is 35.5. The molecule has 2 N–H and O–H groups in total. The van der Waals surface area contributed by atoms with Crippen molar-refractivity contribution in [1.29, 1.82) is 0 Å². The summed E-state index contributed by atoms with van der Waals surface area (Å²) in [6, 6.07) is 14.3. The van der Waals surface area contributed by atoms with Crippen LogP contribution in [0.1, 0.15) is 35.1 Å². The van der Waals surface area contributed by atoms with Crippen LogP contribution in [-0.2, 0) is 29.6 Å². The van der Waals surface area contributed by atoms with Crippen molar-refractivity contribution in [3.63, 3.8) is 0 Å². The molecule has 26 heavy (non-hydrogen) atoms. The van der Waals surface area contributed by atoms with E-state index in [9.17, 15) is 4.79 Å². The Morgan fingerprint density at radius 3 is 2.46 bits per heavy atom. The van der Waals surface area contributed by atoms with E-state index in [2.05, 4.69) is 29.3 Å². The molecule has 4 nitrogen and oxygen atoms in total. The molecule has 1 amide bonds. The molecule has 4 rings (SSSR count). The summed E-state index contributed by atoms with van der Waals surface area (Å²) in [5.41, 5.74) is 9.74. The first-order valence-corrected chi connectivity index (χ1v) is 9.38. The van der Waals surface area contributed by atoms with Gasteiger partial charge in [-0.15, -0.1) is 0 Å². The fraction of sp³-hybridized carbons (Fsp3) is 0.333. The number of nitrogens with zero attached hydrogens (tertiary/aromatic N) is 2. The summed E-state index contributed by atoms with van der Waals surface area (Å²) in [6.45, 7) is 0. The summed E-state index contributed by atoms with van der Waals surface area (Å²) >= 11 is 6.30. The van der Waals surface area contributed by atoms with Crippen LogP contribution in [0.5, 0.6) is 0 Å². The summed E-state index contributed by atoms with van der Waals surface area (Å²) in [7, 11) is 1.69. The van der Waals surface area contributed by atoms with E-state index in [1.165, 1.54) is 16.0 Å². The van der Waals surface area contributed by atoms with Crippen molar-refractivity contribution < 1.29 is 4.79 Å². The van der Waals surface area contributed by atoms with Gasteiger partial charge in [0.1, 0.15) is 0 Å². The Morgan fingerprint density at radius 1 is 1.08 bits per heavy atom. The summed E-state index contributed by atoms with van der Waals surface area (Å²) in [5.74, 6) is 0.197. The van der Waals surface area contributed by atoms with E-state index in [0.29, 0.717) is 11.4 Å². The number of rotatable bonds is 0. The minimum absolute atomic E-state index is 0.0726. The van der Waals surface area contributed by atoms with Gasteiger partial charge >= 0.3 is 0 Å². The Morgan fingerprint density at radius 2 is 1.77 bits per heavy atom. The maximum atomic E-state index is 13.2. The van der Waals surface area contributed by atoms with E-state index in [1.54, 1.807) is 7.05 Å². The maximum absolute atomic E-state index is 13.2. The normalized spacial score (nSPS) is 22.8. The van der Waals surface area contributed by atoms with Gasteiger partial charge in [-0.25, -0.2) is 4.99 Å². The zero-order valence-corrected chi connectivity index (χ0v) is 15.6. The van der Waals surface area contributed by atoms with E-state index in [4.69, 9.17) is 17.3 Å². The number of guanidine groups is 1. The molecule has 0 bridgehead atoms. The molecule has 1 aliphatic carbocycles. The molecule has 134 valence electrons. The lowest BCUT2D eigenvalue weighted by Gasteiger charge is -2.29. The molecular formula is C21H22ClN3O. The SMILES string of the molecule is CN1C(=O)C2(CCc3ccccc3CCCc3ccc(Cl)cc32)N=C1N. The number of benzene rings is 2. The van der Waals surface area contributed by atoms with Crippen molar-refractivity contribution in [3.05, 3.63) is 69.7 Å². The monoisotopic (exact) mass is 367 g/mol. The average molecular weight is 368 g/mol. The van der Waals surface area contributed by atoms with Crippen LogP contribution in [0.4, 0.5) is 0 Å². The number of aryl methyl sites for hydroxylation is 3. The average Bonchev–Trinajstić information content (AvgIpc) is 2.86.